The first-order valence-corrected chi connectivity index (χ1v) is 24.1. The van der Waals surface area contributed by atoms with Gasteiger partial charge in [-0.1, -0.05) is 175 Å². The van der Waals surface area contributed by atoms with Crippen molar-refractivity contribution in [3.63, 3.8) is 0 Å². The van der Waals surface area contributed by atoms with Crippen molar-refractivity contribution in [2.45, 2.75) is 103 Å². The van der Waals surface area contributed by atoms with Gasteiger partial charge in [0.15, 0.2) is 12.4 Å². The molecular weight excluding hydrogens is 779 g/mol. The number of nitrogens with zero attached hydrogens (tertiary/aromatic N) is 3. The van der Waals surface area contributed by atoms with Crippen LogP contribution in [0.3, 0.4) is 0 Å². The topological polar surface area (TPSA) is 61.2 Å². The highest BCUT2D eigenvalue weighted by Gasteiger charge is 2.19. The van der Waals surface area contributed by atoms with Gasteiger partial charge in [0.2, 0.25) is 0 Å². The number of unbranched alkanes of at least 4 members (excludes halogenated alkanes) is 13. The molecule has 3 aromatic carbocycles. The van der Waals surface area contributed by atoms with Gasteiger partial charge in [0.1, 0.15) is 6.54 Å². The molecule has 2 aliphatic heterocycles. The molecule has 6 heterocycles. The standard InChI is InChI=1S/C59H61N5/c1-2-3-4-5-6-7-8-9-10-11-12-13-14-24-41-64-42-39-47(40-43-64)59-54-37-35-52(62-54)57(45-27-20-16-21-28-45)50-33-31-48(60-50)56(44-25-18-15-19-26-44)49-32-34-51(61-49)58(46-29-22-17-23-30-46)53-36-38-55(59)63-53/h15-23,25-40,42-43H,2-14,24,41H2,1H3,(H,60,61,62,63)/p+1. The molecule has 5 nitrogen and oxygen atoms in total. The van der Waals surface area contributed by atoms with Gasteiger partial charge in [0.25, 0.3) is 0 Å². The first kappa shape index (κ1) is 42.7. The number of benzene rings is 3. The van der Waals surface area contributed by atoms with Crippen LogP contribution < -0.4 is 4.57 Å². The average Bonchev–Trinajstić information content (AvgIpc) is 4.19. The summed E-state index contributed by atoms with van der Waals surface area (Å²) in [5.41, 5.74) is 16.3. The molecule has 0 fully saturated rings. The third-order valence-electron chi connectivity index (χ3n) is 12.9. The Morgan fingerprint density at radius 1 is 0.344 bits per heavy atom. The van der Waals surface area contributed by atoms with E-state index in [1.807, 2.05) is 0 Å². The summed E-state index contributed by atoms with van der Waals surface area (Å²) in [6.45, 7) is 3.33. The van der Waals surface area contributed by atoms with E-state index in [0.717, 1.165) is 95.9 Å². The van der Waals surface area contributed by atoms with Gasteiger partial charge in [-0.25, -0.2) is 14.5 Å². The molecule has 0 saturated heterocycles. The summed E-state index contributed by atoms with van der Waals surface area (Å²) in [4.78, 5) is 18.6. The number of pyridine rings is 1. The first-order chi connectivity index (χ1) is 31.7. The fraction of sp³-hybridized carbons (Fsp3) is 0.271. The van der Waals surface area contributed by atoms with Crippen molar-refractivity contribution in [3.05, 3.63) is 163 Å². The summed E-state index contributed by atoms with van der Waals surface area (Å²) in [7, 11) is 0. The molecule has 0 aliphatic carbocycles. The van der Waals surface area contributed by atoms with Gasteiger partial charge >= 0.3 is 0 Å². The number of fused-ring (bicyclic) bond motifs is 8. The van der Waals surface area contributed by atoms with Crippen molar-refractivity contribution in [2.24, 2.45) is 0 Å². The van der Waals surface area contributed by atoms with Crippen LogP contribution in [-0.2, 0) is 6.54 Å². The van der Waals surface area contributed by atoms with Crippen LogP contribution in [0.2, 0.25) is 0 Å². The minimum absolute atomic E-state index is 0.889. The fourth-order valence-corrected chi connectivity index (χ4v) is 9.50. The molecule has 8 bridgehead atoms. The fourth-order valence-electron chi connectivity index (χ4n) is 9.50. The van der Waals surface area contributed by atoms with E-state index in [9.17, 15) is 0 Å². The second kappa shape index (κ2) is 21.2. The number of hydrogen-bond donors (Lipinski definition) is 2. The lowest BCUT2D eigenvalue weighted by atomic mass is 10.0. The zero-order chi connectivity index (χ0) is 43.3. The molecule has 0 amide bonds. The number of aromatic amines is 2. The third-order valence-corrected chi connectivity index (χ3v) is 12.9. The molecule has 322 valence electrons. The highest BCUT2D eigenvalue weighted by molar-refractivity contribution is 6.00. The molecule has 9 rings (SSSR count). The summed E-state index contributed by atoms with van der Waals surface area (Å²) in [5, 5.41) is 0. The molecule has 5 heteroatoms. The van der Waals surface area contributed by atoms with Gasteiger partial charge in [-0.2, -0.15) is 0 Å². The number of aromatic nitrogens is 5. The Labute approximate surface area is 379 Å². The van der Waals surface area contributed by atoms with Crippen molar-refractivity contribution in [1.29, 1.82) is 0 Å². The quantitative estimate of drug-likeness (QED) is 0.0629. The largest absolute Gasteiger partial charge is 0.354 e. The lowest BCUT2D eigenvalue weighted by Crippen LogP contribution is -2.32. The molecule has 0 saturated carbocycles. The molecular formula is C59H62N5+. The molecule has 0 spiro atoms. The SMILES string of the molecule is CCCCCCCCCCCCCCCC[n+]1ccc(-c2c3ccc([nH]3)c(-c3ccccc3)c3nc(c(-c4ccccc4)c4nc(c(-c5ccccc5)c5ccc2[nH]5)C=C4)C=C3)cc1. The lowest BCUT2D eigenvalue weighted by molar-refractivity contribution is -0.697. The van der Waals surface area contributed by atoms with Crippen molar-refractivity contribution in [2.75, 3.05) is 0 Å². The van der Waals surface area contributed by atoms with Crippen molar-refractivity contribution in [1.82, 2.24) is 19.9 Å². The van der Waals surface area contributed by atoms with E-state index < -0.39 is 0 Å². The number of rotatable bonds is 19. The Bertz CT molecular complexity index is 2710. The molecule has 4 aromatic heterocycles. The molecule has 2 aliphatic rings. The van der Waals surface area contributed by atoms with Gasteiger partial charge in [0, 0.05) is 62.9 Å². The van der Waals surface area contributed by atoms with Crippen LogP contribution in [0, 0.1) is 0 Å². The number of H-pyrrole nitrogens is 2. The summed E-state index contributed by atoms with van der Waals surface area (Å²) in [6, 6.07) is 45.2. The van der Waals surface area contributed by atoms with E-state index in [2.05, 4.69) is 186 Å². The van der Waals surface area contributed by atoms with E-state index in [1.165, 1.54) is 89.9 Å². The predicted molar refractivity (Wildman–Crippen MR) is 271 cm³/mol. The Hall–Kier alpha value is -6.59. The van der Waals surface area contributed by atoms with Crippen LogP contribution >= 0.6 is 0 Å². The normalized spacial score (nSPS) is 12.0. The summed E-state index contributed by atoms with van der Waals surface area (Å²) in [6.07, 6.45) is 32.3. The smallest absolute Gasteiger partial charge is 0.169 e. The molecule has 0 radical (unpaired) electrons. The molecule has 0 unspecified atom stereocenters. The Balaban J connectivity index is 1.07. The van der Waals surface area contributed by atoms with E-state index in [4.69, 9.17) is 9.97 Å². The van der Waals surface area contributed by atoms with E-state index in [1.54, 1.807) is 0 Å². The Morgan fingerprint density at radius 2 is 0.672 bits per heavy atom. The van der Waals surface area contributed by atoms with E-state index in [0.29, 0.717) is 0 Å². The van der Waals surface area contributed by atoms with Crippen LogP contribution in [0.5, 0.6) is 0 Å². The van der Waals surface area contributed by atoms with Gasteiger partial charge in [0.05, 0.1) is 22.8 Å². The number of hydrogen-bond acceptors (Lipinski definition) is 2. The minimum atomic E-state index is 0.889. The summed E-state index contributed by atoms with van der Waals surface area (Å²) < 4.78 is 2.35. The predicted octanol–water partition coefficient (Wildman–Crippen LogP) is 16.1. The average molecular weight is 841 g/mol. The Kier molecular flexibility index (Phi) is 14.1. The van der Waals surface area contributed by atoms with Crippen LogP contribution in [0.15, 0.2) is 140 Å². The first-order valence-electron chi connectivity index (χ1n) is 24.1. The third kappa shape index (κ3) is 10.1. The van der Waals surface area contributed by atoms with E-state index >= 15 is 0 Å². The second-order valence-corrected chi connectivity index (χ2v) is 17.5. The lowest BCUT2D eigenvalue weighted by Gasteiger charge is -2.07. The summed E-state index contributed by atoms with van der Waals surface area (Å²) >= 11 is 0. The maximum absolute atomic E-state index is 5.41. The monoisotopic (exact) mass is 840 g/mol. The molecule has 2 N–H and O–H groups in total. The van der Waals surface area contributed by atoms with Crippen LogP contribution in [-0.4, -0.2) is 19.9 Å². The maximum atomic E-state index is 5.41. The van der Waals surface area contributed by atoms with E-state index in [-0.39, 0.29) is 0 Å². The second-order valence-electron chi connectivity index (χ2n) is 17.5. The van der Waals surface area contributed by atoms with Crippen LogP contribution in [0.4, 0.5) is 0 Å². The maximum Gasteiger partial charge on any atom is 0.169 e. The Morgan fingerprint density at radius 3 is 1.08 bits per heavy atom. The van der Waals surface area contributed by atoms with Gasteiger partial charge in [-0.15, -0.1) is 0 Å². The van der Waals surface area contributed by atoms with Crippen molar-refractivity contribution in [3.8, 4) is 44.5 Å². The minimum Gasteiger partial charge on any atom is -0.354 e. The molecule has 0 atom stereocenters. The van der Waals surface area contributed by atoms with Crippen LogP contribution in [0.25, 0.3) is 90.9 Å². The molecule has 7 aromatic rings. The zero-order valence-electron chi connectivity index (χ0n) is 37.5. The zero-order valence-corrected chi connectivity index (χ0v) is 37.5. The van der Waals surface area contributed by atoms with Gasteiger partial charge in [-0.05, 0) is 77.2 Å². The number of aryl methyl sites for hydroxylation is 1. The molecule has 64 heavy (non-hydrogen) atoms. The number of nitrogens with one attached hydrogen (secondary N) is 2. The van der Waals surface area contributed by atoms with Crippen molar-refractivity contribution >= 4 is 46.4 Å². The van der Waals surface area contributed by atoms with Crippen molar-refractivity contribution < 1.29 is 4.57 Å². The highest BCUT2D eigenvalue weighted by Crippen LogP contribution is 2.38. The van der Waals surface area contributed by atoms with Crippen LogP contribution in [0.1, 0.15) is 120 Å². The summed E-state index contributed by atoms with van der Waals surface area (Å²) in [5.74, 6) is 0. The van der Waals surface area contributed by atoms with Gasteiger partial charge in [-0.3, -0.25) is 0 Å². The highest BCUT2D eigenvalue weighted by atomic mass is 14.9. The van der Waals surface area contributed by atoms with Gasteiger partial charge < -0.3 is 9.97 Å².